The maximum atomic E-state index is 13.2. The van der Waals surface area contributed by atoms with E-state index < -0.39 is 0 Å². The van der Waals surface area contributed by atoms with Crippen molar-refractivity contribution in [2.24, 2.45) is 5.41 Å². The van der Waals surface area contributed by atoms with Crippen molar-refractivity contribution in [1.82, 2.24) is 0 Å². The number of hydrogen-bond donors (Lipinski definition) is 1. The van der Waals surface area contributed by atoms with Crippen LogP contribution in [0.25, 0.3) is 0 Å². The summed E-state index contributed by atoms with van der Waals surface area (Å²) < 4.78 is 11.1. The summed E-state index contributed by atoms with van der Waals surface area (Å²) in [7, 11) is 0. The summed E-state index contributed by atoms with van der Waals surface area (Å²) in [4.78, 5) is 13.2. The molecule has 0 radical (unpaired) electrons. The number of carbonyl (C=O) groups is 1. The van der Waals surface area contributed by atoms with Crippen LogP contribution in [0, 0.1) is 5.41 Å². The van der Waals surface area contributed by atoms with Gasteiger partial charge in [-0.3, -0.25) is 4.79 Å². The molecule has 0 saturated heterocycles. The lowest BCUT2D eigenvalue weighted by Crippen LogP contribution is -2.33. The van der Waals surface area contributed by atoms with Gasteiger partial charge in [-0.05, 0) is 35.1 Å². The van der Waals surface area contributed by atoms with Crippen LogP contribution in [-0.2, 0) is 4.79 Å². The third kappa shape index (κ3) is 2.62. The van der Waals surface area contributed by atoms with Crippen molar-refractivity contribution in [3.05, 3.63) is 63.8 Å². The summed E-state index contributed by atoms with van der Waals surface area (Å²) in [5.74, 6) is 1.41. The second kappa shape index (κ2) is 5.77. The number of carbonyl (C=O) groups excluding carboxylic acids is 1. The molecule has 0 saturated carbocycles. The quantitative estimate of drug-likeness (QED) is 0.731. The molecule has 0 aromatic heterocycles. The number of halogens is 1. The number of ether oxygens (including phenoxy) is 2. The van der Waals surface area contributed by atoms with E-state index in [0.717, 1.165) is 40.3 Å². The number of nitrogens with one attached hydrogen (secondary N) is 1. The largest absolute Gasteiger partial charge is 0.454 e. The number of Topliss-reactive ketones (excluding diaryl/α,β-unsaturated/α-hetero) is 1. The Morgan fingerprint density at radius 1 is 1.07 bits per heavy atom. The summed E-state index contributed by atoms with van der Waals surface area (Å²) in [5.41, 5.74) is 4.65. The Morgan fingerprint density at radius 2 is 1.81 bits per heavy atom. The fourth-order valence-electron chi connectivity index (χ4n) is 4.44. The molecule has 0 amide bonds. The molecule has 138 valence electrons. The molecule has 2 aromatic rings. The summed E-state index contributed by atoms with van der Waals surface area (Å²) in [6, 6.07) is 11.7. The van der Waals surface area contributed by atoms with Gasteiger partial charge < -0.3 is 14.8 Å². The molecule has 0 spiro atoms. The molecule has 0 bridgehead atoms. The lowest BCUT2D eigenvalue weighted by molar-refractivity contribution is -0.118. The zero-order valence-electron chi connectivity index (χ0n) is 15.3. The third-order valence-electron chi connectivity index (χ3n) is 5.57. The fourth-order valence-corrected chi connectivity index (χ4v) is 4.68. The summed E-state index contributed by atoms with van der Waals surface area (Å²) in [5, 5.41) is 4.18. The number of allylic oxidation sites excluding steroid dienone is 2. The van der Waals surface area contributed by atoms with Crippen molar-refractivity contribution in [2.75, 3.05) is 12.1 Å². The number of hydrogen-bond acceptors (Lipinski definition) is 4. The summed E-state index contributed by atoms with van der Waals surface area (Å²) in [6.07, 6.45) is 1.36. The number of fused-ring (bicyclic) bond motifs is 2. The van der Waals surface area contributed by atoms with Crippen molar-refractivity contribution < 1.29 is 14.3 Å². The second-order valence-corrected chi connectivity index (χ2v) is 8.61. The van der Waals surface area contributed by atoms with E-state index in [4.69, 9.17) is 21.1 Å². The normalized spacial score (nSPS) is 22.2. The lowest BCUT2D eigenvalue weighted by Gasteiger charge is -2.39. The van der Waals surface area contributed by atoms with Crippen LogP contribution < -0.4 is 14.8 Å². The highest BCUT2D eigenvalue weighted by Crippen LogP contribution is 2.52. The van der Waals surface area contributed by atoms with Gasteiger partial charge in [0, 0.05) is 40.4 Å². The van der Waals surface area contributed by atoms with Crippen LogP contribution in [0.15, 0.2) is 47.7 Å². The SMILES string of the molecule is CC1(C)CC(=O)C2=C(C1)Nc1cc3c(cc1[C@@H]2c1ccccc1Cl)OCO3. The predicted octanol–water partition coefficient (Wildman–Crippen LogP) is 5.27. The van der Waals surface area contributed by atoms with Crippen LogP contribution in [0.2, 0.25) is 5.02 Å². The van der Waals surface area contributed by atoms with Crippen LogP contribution in [0.4, 0.5) is 5.69 Å². The Labute approximate surface area is 163 Å². The van der Waals surface area contributed by atoms with E-state index in [1.165, 1.54) is 0 Å². The van der Waals surface area contributed by atoms with E-state index in [1.807, 2.05) is 36.4 Å². The number of ketones is 1. The van der Waals surface area contributed by atoms with Crippen molar-refractivity contribution in [3.63, 3.8) is 0 Å². The average molecular weight is 382 g/mol. The molecule has 5 heteroatoms. The van der Waals surface area contributed by atoms with Crippen LogP contribution in [0.3, 0.4) is 0 Å². The van der Waals surface area contributed by atoms with E-state index in [0.29, 0.717) is 17.2 Å². The van der Waals surface area contributed by atoms with Crippen molar-refractivity contribution in [2.45, 2.75) is 32.6 Å². The molecular weight excluding hydrogens is 362 g/mol. The van der Waals surface area contributed by atoms with Crippen LogP contribution in [0.1, 0.15) is 43.7 Å². The van der Waals surface area contributed by atoms with Crippen LogP contribution in [0.5, 0.6) is 11.5 Å². The van der Waals surface area contributed by atoms with Gasteiger partial charge in [0.1, 0.15) is 0 Å². The molecule has 2 aliphatic heterocycles. The molecule has 3 aliphatic rings. The standard InChI is InChI=1S/C22H20ClNO3/c1-22(2)9-16-21(17(25)10-22)20(12-5-3-4-6-14(12)23)13-7-18-19(27-11-26-18)8-15(13)24-16/h3-8,20,24H,9-11H2,1-2H3/t20-/m0/s1. The Morgan fingerprint density at radius 3 is 2.59 bits per heavy atom. The van der Waals surface area contributed by atoms with Gasteiger partial charge in [0.25, 0.3) is 0 Å². The van der Waals surface area contributed by atoms with Gasteiger partial charge in [-0.15, -0.1) is 0 Å². The minimum absolute atomic E-state index is 0.0677. The van der Waals surface area contributed by atoms with E-state index in [9.17, 15) is 4.79 Å². The van der Waals surface area contributed by atoms with Gasteiger partial charge in [0.2, 0.25) is 6.79 Å². The van der Waals surface area contributed by atoms with Gasteiger partial charge in [0.15, 0.2) is 17.3 Å². The first-order valence-electron chi connectivity index (χ1n) is 9.14. The lowest BCUT2D eigenvalue weighted by atomic mass is 9.68. The van der Waals surface area contributed by atoms with Gasteiger partial charge in [0.05, 0.1) is 0 Å². The Kier molecular flexibility index (Phi) is 3.57. The Bertz CT molecular complexity index is 1010. The third-order valence-corrected chi connectivity index (χ3v) is 5.91. The molecule has 27 heavy (non-hydrogen) atoms. The van der Waals surface area contributed by atoms with Gasteiger partial charge in [-0.2, -0.15) is 0 Å². The van der Waals surface area contributed by atoms with Crippen molar-refractivity contribution >= 4 is 23.1 Å². The highest BCUT2D eigenvalue weighted by atomic mass is 35.5. The molecule has 1 N–H and O–H groups in total. The Balaban J connectivity index is 1.76. The molecule has 1 aliphatic carbocycles. The number of benzene rings is 2. The predicted molar refractivity (Wildman–Crippen MR) is 105 cm³/mol. The summed E-state index contributed by atoms with van der Waals surface area (Å²) >= 11 is 6.57. The summed E-state index contributed by atoms with van der Waals surface area (Å²) in [6.45, 7) is 4.49. The van der Waals surface area contributed by atoms with Crippen molar-refractivity contribution in [3.8, 4) is 11.5 Å². The van der Waals surface area contributed by atoms with E-state index in [2.05, 4.69) is 19.2 Å². The van der Waals surface area contributed by atoms with Gasteiger partial charge in [-0.25, -0.2) is 0 Å². The maximum absolute atomic E-state index is 13.2. The van der Waals surface area contributed by atoms with Crippen LogP contribution >= 0.6 is 11.6 Å². The molecule has 4 nitrogen and oxygen atoms in total. The van der Waals surface area contributed by atoms with Gasteiger partial charge >= 0.3 is 0 Å². The number of rotatable bonds is 1. The van der Waals surface area contributed by atoms with Gasteiger partial charge in [-0.1, -0.05) is 43.6 Å². The highest BCUT2D eigenvalue weighted by molar-refractivity contribution is 6.31. The zero-order valence-corrected chi connectivity index (χ0v) is 16.0. The first-order chi connectivity index (χ1) is 12.9. The zero-order chi connectivity index (χ0) is 18.8. The fraction of sp³-hybridized carbons (Fsp3) is 0.318. The van der Waals surface area contributed by atoms with E-state index in [-0.39, 0.29) is 23.9 Å². The topological polar surface area (TPSA) is 47.6 Å². The first-order valence-corrected chi connectivity index (χ1v) is 9.52. The molecule has 5 rings (SSSR count). The average Bonchev–Trinajstić information content (AvgIpc) is 3.05. The first kappa shape index (κ1) is 16.7. The highest BCUT2D eigenvalue weighted by Gasteiger charge is 2.41. The molecule has 1 atom stereocenters. The van der Waals surface area contributed by atoms with E-state index >= 15 is 0 Å². The van der Waals surface area contributed by atoms with Crippen LogP contribution in [-0.4, -0.2) is 12.6 Å². The smallest absolute Gasteiger partial charge is 0.231 e. The molecule has 0 unspecified atom stereocenters. The number of anilines is 1. The molecule has 0 fully saturated rings. The molecular formula is C22H20ClNO3. The second-order valence-electron chi connectivity index (χ2n) is 8.21. The molecule has 2 aromatic carbocycles. The minimum Gasteiger partial charge on any atom is -0.454 e. The van der Waals surface area contributed by atoms with Crippen molar-refractivity contribution in [1.29, 1.82) is 0 Å². The monoisotopic (exact) mass is 381 g/mol. The Hall–Kier alpha value is -2.46. The molecule has 2 heterocycles. The minimum atomic E-state index is -0.206. The van der Waals surface area contributed by atoms with E-state index in [1.54, 1.807) is 0 Å². The maximum Gasteiger partial charge on any atom is 0.231 e.